The first-order valence-electron chi connectivity index (χ1n) is 7.29. The van der Waals surface area contributed by atoms with E-state index in [0.29, 0.717) is 0 Å². The van der Waals surface area contributed by atoms with Crippen molar-refractivity contribution in [2.45, 2.75) is 0 Å². The van der Waals surface area contributed by atoms with Crippen molar-refractivity contribution in [3.8, 4) is 11.4 Å². The van der Waals surface area contributed by atoms with Gasteiger partial charge in [0.2, 0.25) is 0 Å². The summed E-state index contributed by atoms with van der Waals surface area (Å²) in [6.45, 7) is 2.00. The van der Waals surface area contributed by atoms with Gasteiger partial charge in [0.25, 0.3) is 0 Å². The third-order valence-corrected chi connectivity index (χ3v) is 3.13. The molecule has 0 N–H and O–H groups in total. The summed E-state index contributed by atoms with van der Waals surface area (Å²) in [5.41, 5.74) is 2.29. The fourth-order valence-corrected chi connectivity index (χ4v) is 2.05. The zero-order valence-corrected chi connectivity index (χ0v) is 13.1. The van der Waals surface area contributed by atoms with E-state index >= 15 is 0 Å². The first-order valence-corrected chi connectivity index (χ1v) is 7.29. The molecule has 4 aromatic heterocycles. The lowest BCUT2D eigenvalue weighted by molar-refractivity contribution is -0.0979. The summed E-state index contributed by atoms with van der Waals surface area (Å²) in [7, 11) is 0. The second-order valence-corrected chi connectivity index (χ2v) is 4.59. The summed E-state index contributed by atoms with van der Waals surface area (Å²) < 4.78 is 4.09. The Balaban J connectivity index is 0.000000158. The summed E-state index contributed by atoms with van der Waals surface area (Å²) in [5, 5.41) is 0. The van der Waals surface area contributed by atoms with Crippen LogP contribution in [0, 0.1) is 0 Å². The Hall–Kier alpha value is -3.47. The lowest BCUT2D eigenvalue weighted by Crippen LogP contribution is -1.87. The molecule has 0 bridgehead atoms. The van der Waals surface area contributed by atoms with E-state index in [2.05, 4.69) is 9.97 Å². The molecule has 4 aromatic rings. The van der Waals surface area contributed by atoms with Crippen LogP contribution in [0.4, 0.5) is 0 Å². The van der Waals surface area contributed by atoms with Gasteiger partial charge in [0, 0.05) is 60.9 Å². The molecule has 0 amide bonds. The maximum Gasteiger partial charge on any atom is 0.106 e. The van der Waals surface area contributed by atoms with Crippen LogP contribution < -0.4 is 0 Å². The van der Waals surface area contributed by atoms with Gasteiger partial charge in [-0.1, -0.05) is 0 Å². The molecular weight excluding hydrogens is 300 g/mol. The summed E-state index contributed by atoms with van der Waals surface area (Å²) >= 11 is 0. The maximum absolute atomic E-state index is 8.00. The van der Waals surface area contributed by atoms with Crippen molar-refractivity contribution < 1.29 is 4.79 Å². The number of nitrogens with zero attached hydrogens (tertiary/aromatic N) is 4. The number of hydrogen-bond donors (Lipinski definition) is 0. The third-order valence-electron chi connectivity index (χ3n) is 3.13. The molecule has 0 aromatic carbocycles. The van der Waals surface area contributed by atoms with Crippen molar-refractivity contribution in [2.24, 2.45) is 0 Å². The van der Waals surface area contributed by atoms with E-state index in [1.807, 2.05) is 89.2 Å². The fraction of sp³-hybridized carbons (Fsp3) is 0. The number of aromatic nitrogens is 4. The van der Waals surface area contributed by atoms with Crippen LogP contribution in [0.3, 0.4) is 0 Å². The Kier molecular flexibility index (Phi) is 6.71. The van der Waals surface area contributed by atoms with Gasteiger partial charge in [-0.15, -0.1) is 0 Å². The zero-order chi connectivity index (χ0) is 17.0. The summed E-state index contributed by atoms with van der Waals surface area (Å²) in [4.78, 5) is 15.9. The third kappa shape index (κ3) is 4.78. The first kappa shape index (κ1) is 16.9. The van der Waals surface area contributed by atoms with Gasteiger partial charge >= 0.3 is 0 Å². The molecule has 5 nitrogen and oxygen atoms in total. The summed E-state index contributed by atoms with van der Waals surface area (Å²) in [6, 6.07) is 15.9. The highest BCUT2D eigenvalue weighted by atomic mass is 16.1. The van der Waals surface area contributed by atoms with Crippen LogP contribution in [0.1, 0.15) is 0 Å². The highest BCUT2D eigenvalue weighted by molar-refractivity contribution is 5.30. The standard InChI is InChI=1S/2C9H8N2.CH2O/c2*1-2-8-11(7-1)9-3-5-10-6-4-9;1-2/h2*1-8H;1H2. The first-order chi connectivity index (χ1) is 11.9. The van der Waals surface area contributed by atoms with Crippen LogP contribution in [0.25, 0.3) is 11.4 Å². The lowest BCUT2D eigenvalue weighted by atomic mass is 10.4. The second kappa shape index (κ2) is 9.53. The average Bonchev–Trinajstić information content (AvgIpc) is 3.39. The fourth-order valence-electron chi connectivity index (χ4n) is 2.05. The monoisotopic (exact) mass is 318 g/mol. The smallest absolute Gasteiger partial charge is 0.106 e. The van der Waals surface area contributed by atoms with Crippen molar-refractivity contribution in [3.05, 3.63) is 98.1 Å². The number of hydrogen-bond acceptors (Lipinski definition) is 3. The summed E-state index contributed by atoms with van der Waals surface area (Å²) in [6.07, 6.45) is 15.2. The Morgan fingerprint density at radius 3 is 1.17 bits per heavy atom. The molecule has 0 spiro atoms. The van der Waals surface area contributed by atoms with E-state index in [9.17, 15) is 0 Å². The van der Waals surface area contributed by atoms with E-state index < -0.39 is 0 Å². The maximum atomic E-state index is 8.00. The van der Waals surface area contributed by atoms with E-state index in [0.717, 1.165) is 11.4 Å². The molecule has 0 atom stereocenters. The Morgan fingerprint density at radius 1 is 0.583 bits per heavy atom. The Labute approximate surface area is 140 Å². The predicted molar refractivity (Wildman–Crippen MR) is 94.2 cm³/mol. The lowest BCUT2D eigenvalue weighted by Gasteiger charge is -1.99. The molecule has 0 radical (unpaired) electrons. The molecule has 0 aliphatic carbocycles. The number of rotatable bonds is 2. The van der Waals surface area contributed by atoms with Crippen LogP contribution in [-0.4, -0.2) is 25.9 Å². The number of carbonyl (C=O) groups is 1. The van der Waals surface area contributed by atoms with Crippen LogP contribution in [0.5, 0.6) is 0 Å². The van der Waals surface area contributed by atoms with Gasteiger partial charge in [0.15, 0.2) is 0 Å². The molecule has 0 aliphatic heterocycles. The highest BCUT2D eigenvalue weighted by Gasteiger charge is 1.90. The van der Waals surface area contributed by atoms with Crippen LogP contribution in [-0.2, 0) is 4.79 Å². The van der Waals surface area contributed by atoms with Gasteiger partial charge in [-0.25, -0.2) is 0 Å². The molecule has 0 saturated carbocycles. The predicted octanol–water partition coefficient (Wildman–Crippen LogP) is 3.56. The topological polar surface area (TPSA) is 52.7 Å². The minimum absolute atomic E-state index is 1.14. The molecule has 5 heteroatoms. The van der Waals surface area contributed by atoms with Gasteiger partial charge in [-0.3, -0.25) is 9.97 Å². The molecule has 0 fully saturated rings. The van der Waals surface area contributed by atoms with Gasteiger partial charge < -0.3 is 13.9 Å². The second-order valence-electron chi connectivity index (χ2n) is 4.59. The van der Waals surface area contributed by atoms with E-state index in [4.69, 9.17) is 4.79 Å². The minimum atomic E-state index is 1.14. The molecule has 0 unspecified atom stereocenters. The van der Waals surface area contributed by atoms with Crippen molar-refractivity contribution in [1.82, 2.24) is 19.1 Å². The van der Waals surface area contributed by atoms with Crippen molar-refractivity contribution in [1.29, 1.82) is 0 Å². The molecule has 120 valence electrons. The van der Waals surface area contributed by atoms with Gasteiger partial charge in [-0.05, 0) is 48.5 Å². The Bertz CT molecular complexity index is 712. The number of carbonyl (C=O) groups excluding carboxylic acids is 1. The Morgan fingerprint density at radius 2 is 0.875 bits per heavy atom. The normalized spacial score (nSPS) is 9.17. The minimum Gasteiger partial charge on any atom is -0.324 e. The molecule has 4 heterocycles. The van der Waals surface area contributed by atoms with Crippen LogP contribution >= 0.6 is 0 Å². The van der Waals surface area contributed by atoms with E-state index in [1.165, 1.54) is 0 Å². The average molecular weight is 318 g/mol. The van der Waals surface area contributed by atoms with Crippen molar-refractivity contribution in [3.63, 3.8) is 0 Å². The van der Waals surface area contributed by atoms with Crippen LogP contribution in [0.2, 0.25) is 0 Å². The molecular formula is C19H18N4O. The molecule has 0 saturated heterocycles. The zero-order valence-electron chi connectivity index (χ0n) is 13.1. The van der Waals surface area contributed by atoms with Crippen molar-refractivity contribution >= 4 is 6.79 Å². The van der Waals surface area contributed by atoms with E-state index in [-0.39, 0.29) is 0 Å². The van der Waals surface area contributed by atoms with Gasteiger partial charge in [-0.2, -0.15) is 0 Å². The van der Waals surface area contributed by atoms with Gasteiger partial charge in [0.05, 0.1) is 0 Å². The summed E-state index contributed by atoms with van der Waals surface area (Å²) in [5.74, 6) is 0. The molecule has 24 heavy (non-hydrogen) atoms. The molecule has 4 rings (SSSR count). The van der Waals surface area contributed by atoms with Crippen LogP contribution in [0.15, 0.2) is 98.1 Å². The van der Waals surface area contributed by atoms with E-state index in [1.54, 1.807) is 24.8 Å². The quantitative estimate of drug-likeness (QED) is 0.568. The highest BCUT2D eigenvalue weighted by Crippen LogP contribution is 2.05. The number of pyridine rings is 2. The SMILES string of the molecule is C=O.c1ccn(-c2ccncc2)c1.c1ccn(-c2ccncc2)c1. The molecule has 0 aliphatic rings. The van der Waals surface area contributed by atoms with Crippen molar-refractivity contribution in [2.75, 3.05) is 0 Å². The largest absolute Gasteiger partial charge is 0.324 e. The van der Waals surface area contributed by atoms with Gasteiger partial charge in [0.1, 0.15) is 6.79 Å².